The van der Waals surface area contributed by atoms with Crippen molar-refractivity contribution in [1.29, 1.82) is 0 Å². The van der Waals surface area contributed by atoms with E-state index in [1.165, 1.54) is 5.69 Å². The minimum Gasteiger partial charge on any atom is -0.471 e. The summed E-state index contributed by atoms with van der Waals surface area (Å²) in [7, 11) is 1.95. The molecule has 0 saturated heterocycles. The molecule has 0 aliphatic carbocycles. The van der Waals surface area contributed by atoms with Gasteiger partial charge in [-0.05, 0) is 13.0 Å². The summed E-state index contributed by atoms with van der Waals surface area (Å²) in [6.45, 7) is 5.58. The Morgan fingerprint density at radius 2 is 2.22 bits per heavy atom. The number of aryl methyl sites for hydroxylation is 2. The van der Waals surface area contributed by atoms with Gasteiger partial charge in [-0.2, -0.15) is 5.10 Å². The molecule has 6 nitrogen and oxygen atoms in total. The van der Waals surface area contributed by atoms with Gasteiger partial charge in [0.1, 0.15) is 12.3 Å². The second-order valence-electron chi connectivity index (χ2n) is 5.82. The maximum absolute atomic E-state index is 12.0. The number of aromatic nitrogens is 3. The Morgan fingerprint density at radius 3 is 2.96 bits per heavy atom. The highest BCUT2D eigenvalue weighted by Gasteiger charge is 2.26. The first-order valence-corrected chi connectivity index (χ1v) is 7.96. The normalized spacial score (nSPS) is 13.8. The van der Waals surface area contributed by atoms with Gasteiger partial charge in [-0.3, -0.25) is 9.48 Å². The average molecular weight is 314 g/mol. The summed E-state index contributed by atoms with van der Waals surface area (Å²) in [5, 5.41) is 4.58. The van der Waals surface area contributed by atoms with E-state index in [1.807, 2.05) is 48.7 Å². The van der Waals surface area contributed by atoms with Gasteiger partial charge in [0.2, 0.25) is 11.8 Å². The molecule has 3 heterocycles. The van der Waals surface area contributed by atoms with Gasteiger partial charge in [0.05, 0.1) is 0 Å². The summed E-state index contributed by atoms with van der Waals surface area (Å²) in [5.74, 6) is 0.786. The van der Waals surface area contributed by atoms with Gasteiger partial charge in [0.15, 0.2) is 0 Å². The molecule has 122 valence electrons. The number of fused-ring (bicyclic) bond motifs is 1. The highest BCUT2D eigenvalue weighted by atomic mass is 16.5. The van der Waals surface area contributed by atoms with Crippen LogP contribution in [0.1, 0.15) is 36.0 Å². The minimum atomic E-state index is 0.187. The molecule has 0 unspecified atom stereocenters. The van der Waals surface area contributed by atoms with E-state index in [-0.39, 0.29) is 5.91 Å². The summed E-state index contributed by atoms with van der Waals surface area (Å²) in [6.07, 6.45) is 1.38. The minimum absolute atomic E-state index is 0.187. The fraction of sp³-hybridized carbons (Fsp3) is 0.471. The van der Waals surface area contributed by atoms with Crippen LogP contribution in [0.5, 0.6) is 5.88 Å². The number of hydrogen-bond acceptors (Lipinski definition) is 4. The van der Waals surface area contributed by atoms with E-state index in [0.717, 1.165) is 29.9 Å². The topological polar surface area (TPSA) is 60.3 Å². The monoisotopic (exact) mass is 314 g/mol. The largest absolute Gasteiger partial charge is 0.471 e. The lowest BCUT2D eigenvalue weighted by molar-refractivity contribution is -0.131. The first kappa shape index (κ1) is 15.5. The first-order valence-electron chi connectivity index (χ1n) is 7.96. The average Bonchev–Trinajstić information content (AvgIpc) is 2.88. The van der Waals surface area contributed by atoms with Gasteiger partial charge in [-0.25, -0.2) is 4.98 Å². The number of carbonyl (C=O) groups excluding carboxylic acids is 1. The maximum atomic E-state index is 12.0. The lowest BCUT2D eigenvalue weighted by atomic mass is 10.0. The SMILES string of the molecule is CCC(=O)N1CCc2c(c(COc3cccc(C)n3)nn2C)C1. The standard InChI is InChI=1S/C17H22N4O2/c1-4-17(22)21-9-8-15-13(10-21)14(19-20(15)3)11-23-16-7-5-6-12(2)18-16/h5-7H,4,8-11H2,1-3H3. The quantitative estimate of drug-likeness (QED) is 0.866. The van der Waals surface area contributed by atoms with Crippen LogP contribution in [0.15, 0.2) is 18.2 Å². The molecular weight excluding hydrogens is 292 g/mol. The predicted octanol–water partition coefficient (Wildman–Crippen LogP) is 2.00. The summed E-state index contributed by atoms with van der Waals surface area (Å²) in [4.78, 5) is 18.2. The zero-order valence-corrected chi connectivity index (χ0v) is 13.9. The van der Waals surface area contributed by atoms with Crippen molar-refractivity contribution in [3.05, 3.63) is 40.8 Å². The van der Waals surface area contributed by atoms with Crippen LogP contribution in [0, 0.1) is 6.92 Å². The van der Waals surface area contributed by atoms with Crippen molar-refractivity contribution in [3.8, 4) is 5.88 Å². The summed E-state index contributed by atoms with van der Waals surface area (Å²) < 4.78 is 7.69. The Bertz CT molecular complexity index is 723. The third kappa shape index (κ3) is 3.21. The zero-order valence-electron chi connectivity index (χ0n) is 13.9. The van der Waals surface area contributed by atoms with Gasteiger partial charge in [-0.15, -0.1) is 0 Å². The van der Waals surface area contributed by atoms with Gasteiger partial charge in [0.25, 0.3) is 0 Å². The summed E-state index contributed by atoms with van der Waals surface area (Å²) >= 11 is 0. The Hall–Kier alpha value is -2.37. The van der Waals surface area contributed by atoms with Crippen LogP contribution in [0.4, 0.5) is 0 Å². The number of carbonyl (C=O) groups is 1. The Morgan fingerprint density at radius 1 is 1.39 bits per heavy atom. The van der Waals surface area contributed by atoms with E-state index in [2.05, 4.69) is 10.1 Å². The number of hydrogen-bond donors (Lipinski definition) is 0. The molecule has 0 atom stereocenters. The Balaban J connectivity index is 1.77. The van der Waals surface area contributed by atoms with Crippen LogP contribution < -0.4 is 4.74 Å². The summed E-state index contributed by atoms with van der Waals surface area (Å²) in [6, 6.07) is 5.70. The molecule has 2 aromatic heterocycles. The summed E-state index contributed by atoms with van der Waals surface area (Å²) in [5.41, 5.74) is 4.12. The van der Waals surface area contributed by atoms with Crippen LogP contribution in [0.3, 0.4) is 0 Å². The molecule has 3 rings (SSSR count). The predicted molar refractivity (Wildman–Crippen MR) is 85.9 cm³/mol. The molecule has 0 N–H and O–H groups in total. The highest BCUT2D eigenvalue weighted by Crippen LogP contribution is 2.23. The van der Waals surface area contributed by atoms with Gasteiger partial charge in [-0.1, -0.05) is 13.0 Å². The van der Waals surface area contributed by atoms with Gasteiger partial charge < -0.3 is 9.64 Å². The molecule has 0 spiro atoms. The molecular formula is C17H22N4O2. The van der Waals surface area contributed by atoms with Crippen molar-refractivity contribution >= 4 is 5.91 Å². The van der Waals surface area contributed by atoms with Crippen LogP contribution in [0.25, 0.3) is 0 Å². The maximum Gasteiger partial charge on any atom is 0.222 e. The Kier molecular flexibility index (Phi) is 4.32. The molecule has 1 aliphatic heterocycles. The number of ether oxygens (including phenoxy) is 1. The number of nitrogens with zero attached hydrogens (tertiary/aromatic N) is 4. The number of pyridine rings is 1. The van der Waals surface area contributed by atoms with Crippen molar-refractivity contribution in [1.82, 2.24) is 19.7 Å². The fourth-order valence-electron chi connectivity index (χ4n) is 2.96. The molecule has 0 saturated carbocycles. The molecule has 0 bridgehead atoms. The molecule has 2 aromatic rings. The van der Waals surface area contributed by atoms with Crippen LogP contribution >= 0.6 is 0 Å². The van der Waals surface area contributed by atoms with Crippen LogP contribution in [0.2, 0.25) is 0 Å². The van der Waals surface area contributed by atoms with Crippen molar-refractivity contribution < 1.29 is 9.53 Å². The fourth-order valence-corrected chi connectivity index (χ4v) is 2.96. The van der Waals surface area contributed by atoms with E-state index in [1.54, 1.807) is 0 Å². The smallest absolute Gasteiger partial charge is 0.222 e. The molecule has 1 amide bonds. The molecule has 0 radical (unpaired) electrons. The molecule has 0 aromatic carbocycles. The van der Waals surface area contributed by atoms with E-state index in [9.17, 15) is 4.79 Å². The third-order valence-corrected chi connectivity index (χ3v) is 4.20. The lowest BCUT2D eigenvalue weighted by Crippen LogP contribution is -2.36. The second-order valence-corrected chi connectivity index (χ2v) is 5.82. The van der Waals surface area contributed by atoms with Gasteiger partial charge in [0, 0.05) is 56.0 Å². The molecule has 0 fully saturated rings. The van der Waals surface area contributed by atoms with Crippen LogP contribution in [-0.4, -0.2) is 32.1 Å². The van der Waals surface area contributed by atoms with E-state index in [0.29, 0.717) is 25.5 Å². The lowest BCUT2D eigenvalue weighted by Gasteiger charge is -2.27. The van der Waals surface area contributed by atoms with Crippen molar-refractivity contribution in [2.45, 2.75) is 39.8 Å². The highest BCUT2D eigenvalue weighted by molar-refractivity contribution is 5.76. The van der Waals surface area contributed by atoms with Crippen molar-refractivity contribution in [3.63, 3.8) is 0 Å². The van der Waals surface area contributed by atoms with E-state index >= 15 is 0 Å². The van der Waals surface area contributed by atoms with Crippen molar-refractivity contribution in [2.75, 3.05) is 6.54 Å². The zero-order chi connectivity index (χ0) is 16.4. The van der Waals surface area contributed by atoms with E-state index in [4.69, 9.17) is 4.74 Å². The molecule has 23 heavy (non-hydrogen) atoms. The van der Waals surface area contributed by atoms with Gasteiger partial charge >= 0.3 is 0 Å². The van der Waals surface area contributed by atoms with Crippen LogP contribution in [-0.2, 0) is 31.4 Å². The molecule has 1 aliphatic rings. The number of amides is 1. The first-order chi connectivity index (χ1) is 11.1. The van der Waals surface area contributed by atoms with E-state index < -0.39 is 0 Å². The van der Waals surface area contributed by atoms with Crippen molar-refractivity contribution in [2.24, 2.45) is 7.05 Å². The Labute approximate surface area is 136 Å². The molecule has 6 heteroatoms. The third-order valence-electron chi connectivity index (χ3n) is 4.20. The number of rotatable bonds is 4. The second kappa shape index (κ2) is 6.40.